The lowest BCUT2D eigenvalue weighted by atomic mass is 9.90. The standard InChI is InChI=1S/C13H18O2S/c1-10-3-4-12(5-11(10)2)16-9-13(6-14)7-15-8-13/h3-5,14H,6-9H2,1-2H3. The Labute approximate surface area is 101 Å². The molecule has 0 saturated carbocycles. The summed E-state index contributed by atoms with van der Waals surface area (Å²) in [6.07, 6.45) is 0. The Balaban J connectivity index is 1.96. The zero-order valence-corrected chi connectivity index (χ0v) is 10.6. The molecule has 1 fully saturated rings. The SMILES string of the molecule is Cc1ccc(SCC2(CO)COC2)cc1C. The molecule has 1 aliphatic rings. The van der Waals surface area contributed by atoms with E-state index in [1.165, 1.54) is 16.0 Å². The molecule has 88 valence electrons. The predicted molar refractivity (Wildman–Crippen MR) is 67.0 cm³/mol. The predicted octanol–water partition coefficient (Wildman–Crippen LogP) is 2.40. The maximum atomic E-state index is 9.32. The smallest absolute Gasteiger partial charge is 0.0575 e. The quantitative estimate of drug-likeness (QED) is 0.817. The van der Waals surface area contributed by atoms with Crippen LogP contribution in [0.3, 0.4) is 0 Å². The molecular formula is C13H18O2S. The number of hydrogen-bond donors (Lipinski definition) is 1. The Morgan fingerprint density at radius 1 is 1.31 bits per heavy atom. The molecule has 1 saturated heterocycles. The normalized spacial score (nSPS) is 18.2. The van der Waals surface area contributed by atoms with Gasteiger partial charge in [0.05, 0.1) is 19.8 Å². The van der Waals surface area contributed by atoms with E-state index in [-0.39, 0.29) is 12.0 Å². The lowest BCUT2D eigenvalue weighted by Gasteiger charge is -2.39. The van der Waals surface area contributed by atoms with Crippen molar-refractivity contribution in [2.45, 2.75) is 18.7 Å². The van der Waals surface area contributed by atoms with Crippen molar-refractivity contribution >= 4 is 11.8 Å². The summed E-state index contributed by atoms with van der Waals surface area (Å²) in [7, 11) is 0. The average molecular weight is 238 g/mol. The first kappa shape index (κ1) is 12.0. The lowest BCUT2D eigenvalue weighted by Crippen LogP contribution is -2.47. The van der Waals surface area contributed by atoms with Crippen molar-refractivity contribution in [1.29, 1.82) is 0 Å². The Kier molecular flexibility index (Phi) is 3.57. The van der Waals surface area contributed by atoms with Gasteiger partial charge in [-0.15, -0.1) is 11.8 Å². The van der Waals surface area contributed by atoms with Gasteiger partial charge in [0.1, 0.15) is 0 Å². The number of aliphatic hydroxyl groups is 1. The fraction of sp³-hybridized carbons (Fsp3) is 0.538. The maximum absolute atomic E-state index is 9.32. The van der Waals surface area contributed by atoms with Crippen molar-refractivity contribution in [3.8, 4) is 0 Å². The number of rotatable bonds is 4. The topological polar surface area (TPSA) is 29.5 Å². The van der Waals surface area contributed by atoms with E-state index in [0.717, 1.165) is 5.75 Å². The van der Waals surface area contributed by atoms with Gasteiger partial charge in [0.15, 0.2) is 0 Å². The highest BCUT2D eigenvalue weighted by Gasteiger charge is 2.37. The number of hydrogen-bond acceptors (Lipinski definition) is 3. The van der Waals surface area contributed by atoms with Crippen LogP contribution in [0.5, 0.6) is 0 Å². The number of benzene rings is 1. The molecule has 0 bridgehead atoms. The first-order chi connectivity index (χ1) is 7.65. The Bertz CT molecular complexity index is 367. The average Bonchev–Trinajstić information content (AvgIpc) is 2.22. The Morgan fingerprint density at radius 3 is 2.56 bits per heavy atom. The van der Waals surface area contributed by atoms with Crippen LogP contribution in [0.4, 0.5) is 0 Å². The number of ether oxygens (including phenoxy) is 1. The molecule has 1 heterocycles. The van der Waals surface area contributed by atoms with E-state index >= 15 is 0 Å². The van der Waals surface area contributed by atoms with Crippen LogP contribution in [0, 0.1) is 19.3 Å². The third-order valence-corrected chi connectivity index (χ3v) is 4.52. The summed E-state index contributed by atoms with van der Waals surface area (Å²) in [5, 5.41) is 9.32. The lowest BCUT2D eigenvalue weighted by molar-refractivity contribution is -0.121. The molecule has 2 rings (SSSR count). The summed E-state index contributed by atoms with van der Waals surface area (Å²) in [6.45, 7) is 5.87. The number of aryl methyl sites for hydroxylation is 2. The highest BCUT2D eigenvalue weighted by Crippen LogP contribution is 2.34. The van der Waals surface area contributed by atoms with Crippen molar-refractivity contribution in [2.24, 2.45) is 5.41 Å². The Hall–Kier alpha value is -0.510. The summed E-state index contributed by atoms with van der Waals surface area (Å²) >= 11 is 1.81. The maximum Gasteiger partial charge on any atom is 0.0575 e. The summed E-state index contributed by atoms with van der Waals surface area (Å²) < 4.78 is 5.19. The zero-order chi connectivity index (χ0) is 11.6. The van der Waals surface area contributed by atoms with Crippen molar-refractivity contribution in [3.63, 3.8) is 0 Å². The molecular weight excluding hydrogens is 220 g/mol. The molecule has 1 N–H and O–H groups in total. The van der Waals surface area contributed by atoms with Crippen LogP contribution in [0.1, 0.15) is 11.1 Å². The monoisotopic (exact) mass is 238 g/mol. The second kappa shape index (κ2) is 4.78. The summed E-state index contributed by atoms with van der Waals surface area (Å²) in [4.78, 5) is 1.28. The van der Waals surface area contributed by atoms with Crippen LogP contribution < -0.4 is 0 Å². The van der Waals surface area contributed by atoms with E-state index in [0.29, 0.717) is 13.2 Å². The summed E-state index contributed by atoms with van der Waals surface area (Å²) in [5.41, 5.74) is 2.66. The minimum absolute atomic E-state index is 0.00343. The number of thioether (sulfide) groups is 1. The molecule has 1 aliphatic heterocycles. The third kappa shape index (κ3) is 2.42. The van der Waals surface area contributed by atoms with E-state index in [9.17, 15) is 5.11 Å². The van der Waals surface area contributed by atoms with E-state index in [2.05, 4.69) is 32.0 Å². The van der Waals surface area contributed by atoms with Crippen LogP contribution in [0.25, 0.3) is 0 Å². The summed E-state index contributed by atoms with van der Waals surface area (Å²) in [6, 6.07) is 6.52. The van der Waals surface area contributed by atoms with Crippen molar-refractivity contribution in [1.82, 2.24) is 0 Å². The van der Waals surface area contributed by atoms with Gasteiger partial charge in [-0.3, -0.25) is 0 Å². The minimum Gasteiger partial charge on any atom is -0.396 e. The van der Waals surface area contributed by atoms with Crippen LogP contribution in [-0.2, 0) is 4.74 Å². The highest BCUT2D eigenvalue weighted by molar-refractivity contribution is 7.99. The zero-order valence-electron chi connectivity index (χ0n) is 9.82. The first-order valence-electron chi connectivity index (χ1n) is 5.54. The molecule has 1 aromatic carbocycles. The molecule has 0 atom stereocenters. The van der Waals surface area contributed by atoms with Gasteiger partial charge < -0.3 is 9.84 Å². The summed E-state index contributed by atoms with van der Waals surface area (Å²) in [5.74, 6) is 0.937. The van der Waals surface area contributed by atoms with Gasteiger partial charge >= 0.3 is 0 Å². The van der Waals surface area contributed by atoms with Crippen molar-refractivity contribution in [2.75, 3.05) is 25.6 Å². The van der Waals surface area contributed by atoms with Gasteiger partial charge in [-0.25, -0.2) is 0 Å². The number of aliphatic hydroxyl groups excluding tert-OH is 1. The van der Waals surface area contributed by atoms with Gasteiger partial charge in [-0.2, -0.15) is 0 Å². The van der Waals surface area contributed by atoms with E-state index in [1.54, 1.807) is 0 Å². The van der Waals surface area contributed by atoms with Crippen molar-refractivity contribution < 1.29 is 9.84 Å². The fourth-order valence-corrected chi connectivity index (χ4v) is 2.81. The van der Waals surface area contributed by atoms with E-state index in [4.69, 9.17) is 4.74 Å². The van der Waals surface area contributed by atoms with Crippen LogP contribution in [0.2, 0.25) is 0 Å². The van der Waals surface area contributed by atoms with Gasteiger partial charge in [0.25, 0.3) is 0 Å². The van der Waals surface area contributed by atoms with Gasteiger partial charge in [-0.1, -0.05) is 6.07 Å². The molecule has 0 radical (unpaired) electrons. The second-order valence-electron chi connectivity index (χ2n) is 4.69. The highest BCUT2D eigenvalue weighted by atomic mass is 32.2. The molecule has 0 spiro atoms. The molecule has 3 heteroatoms. The largest absolute Gasteiger partial charge is 0.396 e. The fourth-order valence-electron chi connectivity index (χ4n) is 1.65. The molecule has 2 nitrogen and oxygen atoms in total. The van der Waals surface area contributed by atoms with Gasteiger partial charge in [0, 0.05) is 16.1 Å². The van der Waals surface area contributed by atoms with Gasteiger partial charge in [-0.05, 0) is 37.1 Å². The van der Waals surface area contributed by atoms with Crippen LogP contribution >= 0.6 is 11.8 Å². The Morgan fingerprint density at radius 2 is 2.06 bits per heavy atom. The van der Waals surface area contributed by atoms with Crippen LogP contribution in [0.15, 0.2) is 23.1 Å². The van der Waals surface area contributed by atoms with E-state index in [1.807, 2.05) is 11.8 Å². The first-order valence-corrected chi connectivity index (χ1v) is 6.52. The second-order valence-corrected chi connectivity index (χ2v) is 5.73. The van der Waals surface area contributed by atoms with E-state index < -0.39 is 0 Å². The molecule has 16 heavy (non-hydrogen) atoms. The molecule has 1 aromatic rings. The minimum atomic E-state index is 0.00343. The molecule has 0 unspecified atom stereocenters. The molecule has 0 amide bonds. The van der Waals surface area contributed by atoms with Crippen molar-refractivity contribution in [3.05, 3.63) is 29.3 Å². The molecule has 0 aromatic heterocycles. The van der Waals surface area contributed by atoms with Gasteiger partial charge in [0.2, 0.25) is 0 Å². The third-order valence-electron chi connectivity index (χ3n) is 3.18. The molecule has 0 aliphatic carbocycles. The van der Waals surface area contributed by atoms with Crippen LogP contribution in [-0.4, -0.2) is 30.7 Å².